The molecule has 2 amide bonds. The molecular weight excluding hydrogens is 320 g/mol. The maximum absolute atomic E-state index is 11.9. The molecule has 0 bridgehead atoms. The minimum Gasteiger partial charge on any atom is -0.491 e. The van der Waals surface area contributed by atoms with Gasteiger partial charge in [0.15, 0.2) is 0 Å². The van der Waals surface area contributed by atoms with Crippen molar-refractivity contribution in [1.29, 1.82) is 0 Å². The van der Waals surface area contributed by atoms with E-state index in [1.54, 1.807) is 23.7 Å². The molecule has 0 saturated heterocycles. The number of carbonyl (C=O) groups excluding carboxylic acids is 2. The average Bonchev–Trinajstić information content (AvgIpc) is 2.65. The Morgan fingerprint density at radius 1 is 1.12 bits per heavy atom. The van der Waals surface area contributed by atoms with Crippen LogP contribution < -0.4 is 15.5 Å². The first kappa shape index (κ1) is 18.2. The molecule has 130 valence electrons. The number of carbonyl (C=O) groups is 2. The number of amides is 2. The summed E-state index contributed by atoms with van der Waals surface area (Å²) in [6.07, 6.45) is 3.22. The number of benzene rings is 2. The Bertz CT molecular complexity index is 727. The monoisotopic (exact) mass is 340 g/mol. The molecule has 0 radical (unpaired) electrons. The van der Waals surface area contributed by atoms with Gasteiger partial charge in [-0.15, -0.1) is 0 Å². The van der Waals surface area contributed by atoms with Crippen LogP contribution in [0, 0.1) is 0 Å². The van der Waals surface area contributed by atoms with Crippen molar-refractivity contribution in [2.75, 3.05) is 6.61 Å². The molecule has 25 heavy (non-hydrogen) atoms. The Kier molecular flexibility index (Phi) is 6.74. The van der Waals surface area contributed by atoms with E-state index in [0.29, 0.717) is 11.3 Å². The summed E-state index contributed by atoms with van der Waals surface area (Å²) in [4.78, 5) is 23.1. The van der Waals surface area contributed by atoms with E-state index in [1.807, 2.05) is 37.3 Å². The molecule has 6 nitrogen and oxygen atoms in total. The van der Waals surface area contributed by atoms with Crippen LogP contribution in [0.25, 0.3) is 6.08 Å². The summed E-state index contributed by atoms with van der Waals surface area (Å²) >= 11 is 0. The zero-order chi connectivity index (χ0) is 18.1. The van der Waals surface area contributed by atoms with Crippen molar-refractivity contribution in [1.82, 2.24) is 10.8 Å². The summed E-state index contributed by atoms with van der Waals surface area (Å²) in [7, 11) is 0. The van der Waals surface area contributed by atoms with Gasteiger partial charge in [-0.3, -0.25) is 14.8 Å². The Hall–Kier alpha value is -3.12. The highest BCUT2D eigenvalue weighted by Crippen LogP contribution is 2.12. The van der Waals surface area contributed by atoms with Gasteiger partial charge in [-0.25, -0.2) is 5.48 Å². The minimum absolute atomic E-state index is 0.187. The van der Waals surface area contributed by atoms with E-state index in [9.17, 15) is 9.59 Å². The van der Waals surface area contributed by atoms with Crippen LogP contribution in [0.15, 0.2) is 60.7 Å². The van der Waals surface area contributed by atoms with Crippen molar-refractivity contribution in [3.05, 3.63) is 71.8 Å². The summed E-state index contributed by atoms with van der Waals surface area (Å²) in [5.74, 6) is -0.220. The van der Waals surface area contributed by atoms with Crippen molar-refractivity contribution >= 4 is 17.9 Å². The highest BCUT2D eigenvalue weighted by Gasteiger charge is 2.07. The topological polar surface area (TPSA) is 87.7 Å². The molecule has 0 saturated carbocycles. The maximum Gasteiger partial charge on any atom is 0.274 e. The number of hydrogen-bond donors (Lipinski definition) is 3. The van der Waals surface area contributed by atoms with Crippen LogP contribution in [-0.4, -0.2) is 29.7 Å². The second-order valence-corrected chi connectivity index (χ2v) is 5.43. The standard InChI is InChI=1S/C19H20N2O4/c1-14(20-18(22)12-7-15-5-3-2-4-6-15)13-25-17-10-8-16(9-11-17)19(23)21-24/h2-12,14,24H,13H2,1H3,(H,20,22)(H,21,23)/t14-/m0/s1. The van der Waals surface area contributed by atoms with Gasteiger partial charge in [-0.1, -0.05) is 30.3 Å². The van der Waals surface area contributed by atoms with Gasteiger partial charge in [0.2, 0.25) is 5.91 Å². The van der Waals surface area contributed by atoms with Crippen LogP contribution in [0.1, 0.15) is 22.8 Å². The molecule has 2 rings (SSSR count). The molecule has 2 aromatic carbocycles. The summed E-state index contributed by atoms with van der Waals surface area (Å²) < 4.78 is 5.57. The predicted molar refractivity (Wildman–Crippen MR) is 94.3 cm³/mol. The molecule has 1 atom stereocenters. The van der Waals surface area contributed by atoms with Crippen LogP contribution in [0.3, 0.4) is 0 Å². The Morgan fingerprint density at radius 3 is 2.44 bits per heavy atom. The fourth-order valence-corrected chi connectivity index (χ4v) is 2.06. The number of rotatable bonds is 7. The van der Waals surface area contributed by atoms with Gasteiger partial charge in [0.05, 0.1) is 6.04 Å². The molecule has 2 aromatic rings. The minimum atomic E-state index is -0.586. The van der Waals surface area contributed by atoms with Crippen molar-refractivity contribution in [3.8, 4) is 5.75 Å². The third kappa shape index (κ3) is 6.12. The predicted octanol–water partition coefficient (Wildman–Crippen LogP) is 2.40. The normalized spacial score (nSPS) is 11.8. The van der Waals surface area contributed by atoms with E-state index < -0.39 is 5.91 Å². The highest BCUT2D eigenvalue weighted by molar-refractivity contribution is 5.93. The van der Waals surface area contributed by atoms with Crippen molar-refractivity contribution in [2.45, 2.75) is 13.0 Å². The molecule has 0 aliphatic heterocycles. The second kappa shape index (κ2) is 9.24. The summed E-state index contributed by atoms with van der Waals surface area (Å²) in [6, 6.07) is 15.7. The van der Waals surface area contributed by atoms with Crippen LogP contribution in [0.5, 0.6) is 5.75 Å². The summed E-state index contributed by atoms with van der Waals surface area (Å²) in [5, 5.41) is 11.4. The number of hydroxylamine groups is 1. The molecule has 0 spiro atoms. The third-order valence-corrected chi connectivity index (χ3v) is 3.33. The largest absolute Gasteiger partial charge is 0.491 e. The van der Waals surface area contributed by atoms with Crippen molar-refractivity contribution in [2.24, 2.45) is 0 Å². The van der Waals surface area contributed by atoms with E-state index >= 15 is 0 Å². The van der Waals surface area contributed by atoms with E-state index in [-0.39, 0.29) is 18.6 Å². The van der Waals surface area contributed by atoms with Gasteiger partial charge >= 0.3 is 0 Å². The van der Waals surface area contributed by atoms with Gasteiger partial charge in [0, 0.05) is 11.6 Å². The molecule has 0 fully saturated rings. The van der Waals surface area contributed by atoms with Crippen LogP contribution >= 0.6 is 0 Å². The molecule has 0 unspecified atom stereocenters. The van der Waals surface area contributed by atoms with E-state index in [1.165, 1.54) is 18.2 Å². The zero-order valence-electron chi connectivity index (χ0n) is 13.8. The summed E-state index contributed by atoms with van der Waals surface area (Å²) in [6.45, 7) is 2.12. The molecule has 3 N–H and O–H groups in total. The smallest absolute Gasteiger partial charge is 0.274 e. The number of nitrogens with one attached hydrogen (secondary N) is 2. The maximum atomic E-state index is 11.9. The molecule has 0 aromatic heterocycles. The summed E-state index contributed by atoms with van der Waals surface area (Å²) in [5.41, 5.74) is 2.84. The lowest BCUT2D eigenvalue weighted by atomic mass is 10.2. The number of hydrogen-bond acceptors (Lipinski definition) is 4. The van der Waals surface area contributed by atoms with Crippen molar-refractivity contribution in [3.63, 3.8) is 0 Å². The highest BCUT2D eigenvalue weighted by atomic mass is 16.5. The van der Waals surface area contributed by atoms with E-state index in [2.05, 4.69) is 5.32 Å². The van der Waals surface area contributed by atoms with E-state index in [0.717, 1.165) is 5.56 Å². The van der Waals surface area contributed by atoms with Crippen LogP contribution in [-0.2, 0) is 4.79 Å². The molecule has 0 heterocycles. The fourth-order valence-electron chi connectivity index (χ4n) is 2.06. The Labute approximate surface area is 146 Å². The molecular formula is C19H20N2O4. The average molecular weight is 340 g/mol. The zero-order valence-corrected chi connectivity index (χ0v) is 13.8. The van der Waals surface area contributed by atoms with Gasteiger partial charge in [-0.05, 0) is 42.8 Å². The molecule has 0 aliphatic carbocycles. The van der Waals surface area contributed by atoms with Crippen molar-refractivity contribution < 1.29 is 19.5 Å². The number of ether oxygens (including phenoxy) is 1. The lowest BCUT2D eigenvalue weighted by Crippen LogP contribution is -2.35. The third-order valence-electron chi connectivity index (χ3n) is 3.33. The first-order valence-electron chi connectivity index (χ1n) is 7.79. The Balaban J connectivity index is 1.78. The molecule has 0 aliphatic rings. The molecule has 6 heteroatoms. The van der Waals surface area contributed by atoms with Gasteiger partial charge < -0.3 is 10.1 Å². The SMILES string of the molecule is C[C@@H](COc1ccc(C(=O)NO)cc1)NC(=O)C=Cc1ccccc1. The lowest BCUT2D eigenvalue weighted by Gasteiger charge is -2.14. The van der Waals surface area contributed by atoms with E-state index in [4.69, 9.17) is 9.94 Å². The first-order valence-corrected chi connectivity index (χ1v) is 7.79. The van der Waals surface area contributed by atoms with Gasteiger partial charge in [0.1, 0.15) is 12.4 Å². The van der Waals surface area contributed by atoms with Crippen LogP contribution in [0.2, 0.25) is 0 Å². The first-order chi connectivity index (χ1) is 12.1. The lowest BCUT2D eigenvalue weighted by molar-refractivity contribution is -0.117. The Morgan fingerprint density at radius 2 is 1.80 bits per heavy atom. The quantitative estimate of drug-likeness (QED) is 0.410. The fraction of sp³-hybridized carbons (Fsp3) is 0.158. The van der Waals surface area contributed by atoms with Crippen LogP contribution in [0.4, 0.5) is 0 Å². The van der Waals surface area contributed by atoms with Gasteiger partial charge in [-0.2, -0.15) is 0 Å². The second-order valence-electron chi connectivity index (χ2n) is 5.43. The van der Waals surface area contributed by atoms with Gasteiger partial charge in [0.25, 0.3) is 5.91 Å².